The Hall–Kier alpha value is -3.92. The Bertz CT molecular complexity index is 1320. The molecule has 0 fully saturated rings. The van der Waals surface area contributed by atoms with Crippen LogP contribution in [0.5, 0.6) is 0 Å². The molecule has 0 radical (unpaired) electrons. The molecule has 29 heavy (non-hydrogen) atoms. The predicted octanol–water partition coefficient (Wildman–Crippen LogP) is 3.72. The molecule has 144 valence electrons. The molecule has 1 amide bonds. The second kappa shape index (κ2) is 7.24. The molecule has 0 bridgehead atoms. The zero-order chi connectivity index (χ0) is 20.5. The van der Waals surface area contributed by atoms with Gasteiger partial charge < -0.3 is 5.32 Å². The van der Waals surface area contributed by atoms with Crippen LogP contribution in [-0.2, 0) is 0 Å². The SMILES string of the molecule is O=C(Nc1ccc(F)c([N+](=O)[O-])c1)c1cnc2scc(-c3ccccc3)n2c1=O. The maximum absolute atomic E-state index is 13.5. The molecule has 0 aliphatic carbocycles. The van der Waals surface area contributed by atoms with E-state index in [-0.39, 0.29) is 11.3 Å². The number of nitrogens with one attached hydrogen (secondary N) is 1. The molecule has 4 rings (SSSR count). The van der Waals surface area contributed by atoms with Crippen molar-refractivity contribution in [2.45, 2.75) is 0 Å². The molecule has 8 nitrogen and oxygen atoms in total. The Kier molecular flexibility index (Phi) is 4.61. The lowest BCUT2D eigenvalue weighted by atomic mass is 10.2. The topological polar surface area (TPSA) is 107 Å². The molecule has 0 unspecified atom stereocenters. The van der Waals surface area contributed by atoms with Crippen LogP contribution in [0.25, 0.3) is 16.2 Å². The molecule has 0 saturated carbocycles. The number of benzene rings is 2. The molecule has 0 spiro atoms. The Morgan fingerprint density at radius 3 is 2.69 bits per heavy atom. The van der Waals surface area contributed by atoms with Gasteiger partial charge in [0.15, 0.2) is 4.96 Å². The summed E-state index contributed by atoms with van der Waals surface area (Å²) in [6.45, 7) is 0. The number of thiazole rings is 1. The fraction of sp³-hybridized carbons (Fsp3) is 0. The summed E-state index contributed by atoms with van der Waals surface area (Å²) in [5.41, 5.74) is -0.239. The monoisotopic (exact) mass is 410 g/mol. The van der Waals surface area contributed by atoms with Crippen LogP contribution >= 0.6 is 11.3 Å². The van der Waals surface area contributed by atoms with Gasteiger partial charge >= 0.3 is 5.69 Å². The largest absolute Gasteiger partial charge is 0.322 e. The number of hydrogen-bond acceptors (Lipinski definition) is 6. The first-order chi connectivity index (χ1) is 14.0. The molecular weight excluding hydrogens is 399 g/mol. The average Bonchev–Trinajstić information content (AvgIpc) is 3.15. The van der Waals surface area contributed by atoms with Crippen molar-refractivity contribution in [1.82, 2.24) is 9.38 Å². The summed E-state index contributed by atoms with van der Waals surface area (Å²) in [4.78, 5) is 40.1. The third kappa shape index (κ3) is 3.36. The van der Waals surface area contributed by atoms with Crippen LogP contribution in [0.2, 0.25) is 0 Å². The second-order valence-corrected chi connectivity index (χ2v) is 6.80. The number of amides is 1. The fourth-order valence-corrected chi connectivity index (χ4v) is 3.65. The standard InChI is InChI=1S/C19H11FN4O4S/c20-14-7-6-12(8-15(14)24(27)28)22-17(25)13-9-21-19-23(18(13)26)16(10-29-19)11-4-2-1-3-5-11/h1-10H,(H,22,25). The van der Waals surface area contributed by atoms with Crippen LogP contribution in [0.1, 0.15) is 10.4 Å². The van der Waals surface area contributed by atoms with Crippen molar-refractivity contribution in [2.24, 2.45) is 0 Å². The quantitative estimate of drug-likeness (QED) is 0.408. The molecule has 0 atom stereocenters. The number of aromatic nitrogens is 2. The lowest BCUT2D eigenvalue weighted by Gasteiger charge is -2.06. The highest BCUT2D eigenvalue weighted by molar-refractivity contribution is 7.15. The predicted molar refractivity (Wildman–Crippen MR) is 106 cm³/mol. The van der Waals surface area contributed by atoms with Gasteiger partial charge in [-0.05, 0) is 17.7 Å². The van der Waals surface area contributed by atoms with Gasteiger partial charge in [0.25, 0.3) is 11.5 Å². The highest BCUT2D eigenvalue weighted by Gasteiger charge is 2.19. The van der Waals surface area contributed by atoms with E-state index in [0.717, 1.165) is 23.9 Å². The van der Waals surface area contributed by atoms with E-state index in [1.165, 1.54) is 21.8 Å². The molecule has 10 heteroatoms. The van der Waals surface area contributed by atoms with Crippen LogP contribution < -0.4 is 10.9 Å². The average molecular weight is 410 g/mol. The highest BCUT2D eigenvalue weighted by atomic mass is 32.1. The molecular formula is C19H11FN4O4S. The third-order valence-electron chi connectivity index (χ3n) is 4.16. The maximum atomic E-state index is 13.5. The fourth-order valence-electron chi connectivity index (χ4n) is 2.79. The summed E-state index contributed by atoms with van der Waals surface area (Å²) in [6, 6.07) is 12.1. The van der Waals surface area contributed by atoms with Gasteiger partial charge in [-0.25, -0.2) is 4.98 Å². The smallest absolute Gasteiger partial charge is 0.306 e. The van der Waals surface area contributed by atoms with Crippen LogP contribution in [0.4, 0.5) is 15.8 Å². The van der Waals surface area contributed by atoms with Gasteiger partial charge in [0.2, 0.25) is 5.82 Å². The van der Waals surface area contributed by atoms with Crippen molar-refractivity contribution in [3.8, 4) is 11.3 Å². The summed E-state index contributed by atoms with van der Waals surface area (Å²) >= 11 is 1.26. The van der Waals surface area contributed by atoms with Gasteiger partial charge in [0.05, 0.1) is 10.6 Å². The van der Waals surface area contributed by atoms with E-state index in [0.29, 0.717) is 10.7 Å². The van der Waals surface area contributed by atoms with Crippen molar-refractivity contribution in [3.05, 3.63) is 92.0 Å². The van der Waals surface area contributed by atoms with Gasteiger partial charge in [0, 0.05) is 23.3 Å². The van der Waals surface area contributed by atoms with Gasteiger partial charge in [-0.1, -0.05) is 30.3 Å². The number of fused-ring (bicyclic) bond motifs is 1. The minimum absolute atomic E-state index is 0.0128. The van der Waals surface area contributed by atoms with Crippen molar-refractivity contribution >= 4 is 33.6 Å². The summed E-state index contributed by atoms with van der Waals surface area (Å²) in [5, 5.41) is 15.0. The van der Waals surface area contributed by atoms with Gasteiger partial charge in [-0.3, -0.25) is 24.1 Å². The molecule has 2 aromatic carbocycles. The number of nitrogens with zero attached hydrogens (tertiary/aromatic N) is 3. The van der Waals surface area contributed by atoms with E-state index in [1.807, 2.05) is 30.3 Å². The normalized spacial score (nSPS) is 10.8. The molecule has 1 N–H and O–H groups in total. The number of nitro groups is 1. The van der Waals surface area contributed by atoms with Gasteiger partial charge in [-0.2, -0.15) is 4.39 Å². The third-order valence-corrected chi connectivity index (χ3v) is 5.00. The van der Waals surface area contributed by atoms with Crippen molar-refractivity contribution in [2.75, 3.05) is 5.32 Å². The van der Waals surface area contributed by atoms with Crippen LogP contribution in [0, 0.1) is 15.9 Å². The first-order valence-electron chi connectivity index (χ1n) is 8.25. The zero-order valence-corrected chi connectivity index (χ0v) is 15.4. The minimum atomic E-state index is -1.03. The number of nitro benzene ring substituents is 1. The second-order valence-electron chi connectivity index (χ2n) is 5.96. The van der Waals surface area contributed by atoms with Crippen LogP contribution in [0.15, 0.2) is 64.9 Å². The summed E-state index contributed by atoms with van der Waals surface area (Å²) < 4.78 is 14.8. The zero-order valence-electron chi connectivity index (χ0n) is 14.5. The Morgan fingerprint density at radius 2 is 1.97 bits per heavy atom. The Labute approximate surface area is 166 Å². The van der Waals surface area contributed by atoms with E-state index < -0.39 is 27.9 Å². The lowest BCUT2D eigenvalue weighted by Crippen LogP contribution is -2.26. The summed E-state index contributed by atoms with van der Waals surface area (Å²) in [5.74, 6) is -1.83. The minimum Gasteiger partial charge on any atom is -0.322 e. The number of carbonyl (C=O) groups excluding carboxylic acids is 1. The van der Waals surface area contributed by atoms with E-state index in [1.54, 1.807) is 5.38 Å². The first kappa shape index (κ1) is 18.4. The molecule has 2 aromatic heterocycles. The first-order valence-corrected chi connectivity index (χ1v) is 9.13. The number of carbonyl (C=O) groups is 1. The van der Waals surface area contributed by atoms with E-state index in [4.69, 9.17) is 0 Å². The summed E-state index contributed by atoms with van der Waals surface area (Å²) in [7, 11) is 0. The van der Waals surface area contributed by atoms with Crippen LogP contribution in [-0.4, -0.2) is 20.2 Å². The highest BCUT2D eigenvalue weighted by Crippen LogP contribution is 2.24. The van der Waals surface area contributed by atoms with Crippen molar-refractivity contribution < 1.29 is 14.1 Å². The number of hydrogen-bond donors (Lipinski definition) is 1. The summed E-state index contributed by atoms with van der Waals surface area (Å²) in [6.07, 6.45) is 1.15. The molecule has 0 aliphatic rings. The maximum Gasteiger partial charge on any atom is 0.306 e. The Balaban J connectivity index is 1.74. The van der Waals surface area contributed by atoms with Crippen molar-refractivity contribution in [3.63, 3.8) is 0 Å². The van der Waals surface area contributed by atoms with E-state index >= 15 is 0 Å². The Morgan fingerprint density at radius 1 is 1.21 bits per heavy atom. The molecule has 0 aliphatic heterocycles. The molecule has 2 heterocycles. The number of rotatable bonds is 4. The lowest BCUT2D eigenvalue weighted by molar-refractivity contribution is -0.387. The van der Waals surface area contributed by atoms with E-state index in [9.17, 15) is 24.1 Å². The van der Waals surface area contributed by atoms with E-state index in [2.05, 4.69) is 10.3 Å². The number of anilines is 1. The molecule has 0 saturated heterocycles. The van der Waals surface area contributed by atoms with Gasteiger partial charge in [-0.15, -0.1) is 11.3 Å². The number of halogens is 1. The van der Waals surface area contributed by atoms with Crippen molar-refractivity contribution in [1.29, 1.82) is 0 Å². The molecule has 4 aromatic rings. The van der Waals surface area contributed by atoms with Crippen LogP contribution in [0.3, 0.4) is 0 Å². The van der Waals surface area contributed by atoms with Gasteiger partial charge in [0.1, 0.15) is 5.56 Å².